The fourth-order valence-corrected chi connectivity index (χ4v) is 4.57. The summed E-state index contributed by atoms with van der Waals surface area (Å²) < 4.78 is 49.4. The van der Waals surface area contributed by atoms with Gasteiger partial charge in [-0.05, 0) is 43.2 Å². The largest absolute Gasteiger partial charge is 0.488 e. The first-order chi connectivity index (χ1) is 16.8. The quantitative estimate of drug-likeness (QED) is 0.308. The highest BCUT2D eigenvalue weighted by atomic mass is 32.1. The summed E-state index contributed by atoms with van der Waals surface area (Å²) in [4.78, 5) is 19.5. The molecule has 0 aliphatic carbocycles. The van der Waals surface area contributed by atoms with Gasteiger partial charge >= 0.3 is 11.9 Å². The summed E-state index contributed by atoms with van der Waals surface area (Å²) >= 11 is 1.42. The fraction of sp³-hybridized carbons (Fsp3) is 0.292. The Balaban J connectivity index is 1.55. The van der Waals surface area contributed by atoms with E-state index in [1.54, 1.807) is 12.1 Å². The average Bonchev–Trinajstić information content (AvgIpc) is 3.46. The predicted octanol–water partition coefficient (Wildman–Crippen LogP) is 5.47. The number of rotatable bonds is 9. The van der Waals surface area contributed by atoms with Gasteiger partial charge in [-0.25, -0.2) is 9.78 Å². The molecule has 0 saturated heterocycles. The van der Waals surface area contributed by atoms with Crippen LogP contribution in [0.5, 0.6) is 5.75 Å². The van der Waals surface area contributed by atoms with E-state index in [2.05, 4.69) is 21.6 Å². The number of nitrogens with one attached hydrogen (secondary N) is 1. The highest BCUT2D eigenvalue weighted by Gasteiger charge is 2.30. The minimum Gasteiger partial charge on any atom is -0.488 e. The number of H-pyrrole nitrogens is 1. The third kappa shape index (κ3) is 5.84. The second kappa shape index (κ2) is 10.5. The van der Waals surface area contributed by atoms with E-state index >= 15 is 0 Å². The zero-order valence-electron chi connectivity index (χ0n) is 19.1. The van der Waals surface area contributed by atoms with Crippen molar-refractivity contribution in [3.05, 3.63) is 69.1 Å². The van der Waals surface area contributed by atoms with E-state index in [-0.39, 0.29) is 6.61 Å². The SMILES string of the molecule is C[B]c1cc(OCc2sc(-c3ccc(C(F)(F)F)cc3)nc2CCCC)ccc1-c1noc(=O)[nH]1. The molecule has 1 N–H and O–H groups in total. The van der Waals surface area contributed by atoms with E-state index < -0.39 is 17.5 Å². The Kier molecular flexibility index (Phi) is 7.44. The molecule has 0 amide bonds. The van der Waals surface area contributed by atoms with Gasteiger partial charge in [0.25, 0.3) is 0 Å². The molecule has 0 spiro atoms. The van der Waals surface area contributed by atoms with Crippen molar-refractivity contribution in [2.75, 3.05) is 0 Å². The molecule has 0 aliphatic rings. The van der Waals surface area contributed by atoms with Gasteiger partial charge in [0.2, 0.25) is 0 Å². The van der Waals surface area contributed by atoms with Crippen molar-refractivity contribution in [2.24, 2.45) is 0 Å². The summed E-state index contributed by atoms with van der Waals surface area (Å²) in [5.41, 5.74) is 2.37. The maximum atomic E-state index is 12.9. The summed E-state index contributed by atoms with van der Waals surface area (Å²) in [6, 6.07) is 10.5. The number of aromatic amines is 1. The Morgan fingerprint density at radius 1 is 1.17 bits per heavy atom. The van der Waals surface area contributed by atoms with Crippen molar-refractivity contribution in [2.45, 2.75) is 45.8 Å². The zero-order chi connectivity index (χ0) is 25.0. The third-order valence-electron chi connectivity index (χ3n) is 5.40. The maximum absolute atomic E-state index is 12.9. The lowest BCUT2D eigenvalue weighted by molar-refractivity contribution is -0.137. The van der Waals surface area contributed by atoms with E-state index in [9.17, 15) is 18.0 Å². The first-order valence-electron chi connectivity index (χ1n) is 11.1. The topological polar surface area (TPSA) is 81.0 Å². The summed E-state index contributed by atoms with van der Waals surface area (Å²) in [6.07, 6.45) is -1.67. The van der Waals surface area contributed by atoms with Gasteiger partial charge in [-0.3, -0.25) is 9.51 Å². The van der Waals surface area contributed by atoms with E-state index in [0.29, 0.717) is 27.7 Å². The zero-order valence-corrected chi connectivity index (χ0v) is 19.9. The van der Waals surface area contributed by atoms with Crippen LogP contribution in [0.1, 0.15) is 35.9 Å². The van der Waals surface area contributed by atoms with Crippen molar-refractivity contribution in [1.82, 2.24) is 15.1 Å². The first kappa shape index (κ1) is 24.8. The number of hydrogen-bond donors (Lipinski definition) is 1. The van der Waals surface area contributed by atoms with Crippen molar-refractivity contribution in [3.63, 3.8) is 0 Å². The maximum Gasteiger partial charge on any atom is 0.439 e. The molecule has 2 aromatic heterocycles. The van der Waals surface area contributed by atoms with Gasteiger partial charge < -0.3 is 4.74 Å². The predicted molar refractivity (Wildman–Crippen MR) is 129 cm³/mol. The minimum atomic E-state index is -4.38. The van der Waals surface area contributed by atoms with Gasteiger partial charge in [-0.15, -0.1) is 11.3 Å². The molecule has 2 heterocycles. The van der Waals surface area contributed by atoms with E-state index in [1.807, 2.05) is 20.2 Å². The number of halogens is 3. The van der Waals surface area contributed by atoms with Crippen molar-refractivity contribution in [1.29, 1.82) is 0 Å². The van der Waals surface area contributed by atoms with E-state index in [0.717, 1.165) is 47.4 Å². The molecule has 0 fully saturated rings. The molecule has 0 aliphatic heterocycles. The van der Waals surface area contributed by atoms with Crippen LogP contribution >= 0.6 is 11.3 Å². The molecule has 4 rings (SSSR count). The van der Waals surface area contributed by atoms with Crippen molar-refractivity contribution in [3.8, 4) is 27.7 Å². The Morgan fingerprint density at radius 3 is 2.57 bits per heavy atom. The third-order valence-corrected chi connectivity index (χ3v) is 6.52. The minimum absolute atomic E-state index is 0.278. The van der Waals surface area contributed by atoms with Crippen molar-refractivity contribution < 1.29 is 22.4 Å². The molecular weight excluding hydrogens is 478 g/mol. The second-order valence-corrected chi connectivity index (χ2v) is 8.92. The standard InChI is InChI=1S/C24H22BF3N3O3S/c1-3-4-5-19-20(35-22(29-19)14-6-8-15(9-7-14)24(26,27)28)13-33-16-10-11-17(18(12-16)25-2)21-30-23(32)34-31-21/h6-12H,3-5,13H2,1-2H3,(H,30,31,32). The Hall–Kier alpha value is -3.34. The van der Waals surface area contributed by atoms with Crippen LogP contribution in [0.25, 0.3) is 22.0 Å². The number of aryl methyl sites for hydroxylation is 1. The molecule has 11 heteroatoms. The van der Waals surface area contributed by atoms with Crippen LogP contribution in [0.4, 0.5) is 13.2 Å². The van der Waals surface area contributed by atoms with Gasteiger partial charge in [0.05, 0.1) is 16.1 Å². The smallest absolute Gasteiger partial charge is 0.439 e. The number of alkyl halides is 3. The summed E-state index contributed by atoms with van der Waals surface area (Å²) in [7, 11) is 1.87. The van der Waals surface area contributed by atoms with Gasteiger partial charge in [-0.1, -0.05) is 42.9 Å². The van der Waals surface area contributed by atoms with Crippen LogP contribution in [-0.2, 0) is 19.2 Å². The van der Waals surface area contributed by atoms with Gasteiger partial charge in [0, 0.05) is 11.1 Å². The van der Waals surface area contributed by atoms with Gasteiger partial charge in [-0.2, -0.15) is 13.2 Å². The Morgan fingerprint density at radius 2 is 1.94 bits per heavy atom. The Labute approximate surface area is 204 Å². The first-order valence-corrected chi connectivity index (χ1v) is 11.9. The lowest BCUT2D eigenvalue weighted by Crippen LogP contribution is -2.15. The molecule has 6 nitrogen and oxygen atoms in total. The summed E-state index contributed by atoms with van der Waals surface area (Å²) in [5, 5.41) is 4.40. The van der Waals surface area contributed by atoms with Gasteiger partial charge in [0.15, 0.2) is 5.82 Å². The monoisotopic (exact) mass is 500 g/mol. The number of benzene rings is 2. The molecular formula is C24H22BF3N3O3S. The number of ether oxygens (including phenoxy) is 1. The summed E-state index contributed by atoms with van der Waals surface area (Å²) in [5.74, 6) is 0.329. The number of aromatic nitrogens is 3. The van der Waals surface area contributed by atoms with E-state index in [4.69, 9.17) is 9.72 Å². The highest BCUT2D eigenvalue weighted by molar-refractivity contribution is 7.15. The number of thiazole rings is 1. The van der Waals surface area contributed by atoms with Crippen LogP contribution in [-0.4, -0.2) is 22.4 Å². The molecule has 1 radical (unpaired) electrons. The highest BCUT2D eigenvalue weighted by Crippen LogP contribution is 2.34. The molecule has 0 bridgehead atoms. The van der Waals surface area contributed by atoms with Crippen LogP contribution in [0.3, 0.4) is 0 Å². The van der Waals surface area contributed by atoms with E-state index in [1.165, 1.54) is 23.5 Å². The summed E-state index contributed by atoms with van der Waals surface area (Å²) in [6.45, 7) is 4.23. The molecule has 2 aromatic carbocycles. The second-order valence-electron chi connectivity index (χ2n) is 7.84. The van der Waals surface area contributed by atoms with Crippen LogP contribution in [0, 0.1) is 0 Å². The fourth-order valence-electron chi connectivity index (χ4n) is 3.54. The molecule has 35 heavy (non-hydrogen) atoms. The van der Waals surface area contributed by atoms with Gasteiger partial charge in [0.1, 0.15) is 24.6 Å². The van der Waals surface area contributed by atoms with Crippen LogP contribution < -0.4 is 16.0 Å². The van der Waals surface area contributed by atoms with Crippen LogP contribution in [0.15, 0.2) is 51.8 Å². The lowest BCUT2D eigenvalue weighted by Gasteiger charge is -2.10. The number of hydrogen-bond acceptors (Lipinski definition) is 6. The van der Waals surface area contributed by atoms with Crippen molar-refractivity contribution >= 4 is 24.1 Å². The molecule has 0 saturated carbocycles. The average molecular weight is 500 g/mol. The molecule has 4 aromatic rings. The van der Waals surface area contributed by atoms with Crippen LogP contribution in [0.2, 0.25) is 6.82 Å². The number of unbranched alkanes of at least 4 members (excludes halogenated alkanes) is 1. The molecule has 0 atom stereocenters. The Bertz CT molecular complexity index is 1350. The molecule has 0 unspecified atom stereocenters. The normalized spacial score (nSPS) is 11.6. The molecule has 181 valence electrons. The lowest BCUT2D eigenvalue weighted by atomic mass is 9.70. The number of nitrogens with zero attached hydrogens (tertiary/aromatic N) is 2.